The summed E-state index contributed by atoms with van der Waals surface area (Å²) >= 11 is 1.29. The van der Waals surface area contributed by atoms with Gasteiger partial charge in [0.15, 0.2) is 5.13 Å². The molecule has 23 heavy (non-hydrogen) atoms. The monoisotopic (exact) mass is 341 g/mol. The minimum absolute atomic E-state index is 0.0819. The second-order valence-corrected chi connectivity index (χ2v) is 6.03. The van der Waals surface area contributed by atoms with Gasteiger partial charge in [-0.2, -0.15) is 8.78 Å². The normalized spacial score (nSPS) is 10.9. The Morgan fingerprint density at radius 1 is 1.30 bits per heavy atom. The number of rotatable bonds is 7. The second-order valence-electron chi connectivity index (χ2n) is 5.17. The standard InChI is InChI=1S/C15H17F2N3O2S/c1-9(2)7-18-13(21)12-8-23-15(20-12)19-10-3-5-11(6-4-10)22-14(16)17/h3-6,8-9,14H,7H2,1-2H3,(H,18,21)(H,19,20). The van der Waals surface area contributed by atoms with E-state index in [9.17, 15) is 13.6 Å². The molecule has 8 heteroatoms. The Labute approximate surface area is 136 Å². The van der Waals surface area contributed by atoms with Crippen LogP contribution in [0.2, 0.25) is 0 Å². The van der Waals surface area contributed by atoms with Gasteiger partial charge in [-0.15, -0.1) is 11.3 Å². The number of benzene rings is 1. The Kier molecular flexibility index (Phi) is 5.86. The Balaban J connectivity index is 1.94. The molecule has 2 aromatic rings. The third kappa shape index (κ3) is 5.48. The van der Waals surface area contributed by atoms with Gasteiger partial charge in [0, 0.05) is 17.6 Å². The van der Waals surface area contributed by atoms with E-state index < -0.39 is 6.61 Å². The molecule has 0 fully saturated rings. The van der Waals surface area contributed by atoms with Crippen molar-refractivity contribution in [2.45, 2.75) is 20.5 Å². The molecule has 0 atom stereocenters. The summed E-state index contributed by atoms with van der Waals surface area (Å²) in [5.74, 6) is 0.228. The van der Waals surface area contributed by atoms with Crippen LogP contribution in [-0.2, 0) is 0 Å². The predicted molar refractivity (Wildman–Crippen MR) is 85.6 cm³/mol. The predicted octanol–water partition coefficient (Wildman–Crippen LogP) is 3.87. The van der Waals surface area contributed by atoms with Crippen molar-refractivity contribution in [3.05, 3.63) is 35.3 Å². The van der Waals surface area contributed by atoms with Crippen LogP contribution in [0.15, 0.2) is 29.6 Å². The maximum absolute atomic E-state index is 12.1. The molecular weight excluding hydrogens is 324 g/mol. The lowest BCUT2D eigenvalue weighted by Crippen LogP contribution is -2.27. The van der Waals surface area contributed by atoms with Gasteiger partial charge in [0.2, 0.25) is 0 Å². The highest BCUT2D eigenvalue weighted by Crippen LogP contribution is 2.23. The zero-order valence-electron chi connectivity index (χ0n) is 12.7. The molecule has 0 radical (unpaired) electrons. The molecule has 0 aliphatic carbocycles. The topological polar surface area (TPSA) is 63.2 Å². The van der Waals surface area contributed by atoms with Gasteiger partial charge in [-0.25, -0.2) is 4.98 Å². The fraction of sp³-hybridized carbons (Fsp3) is 0.333. The molecule has 1 aromatic heterocycles. The van der Waals surface area contributed by atoms with Crippen LogP contribution in [0.5, 0.6) is 5.75 Å². The molecule has 5 nitrogen and oxygen atoms in total. The van der Waals surface area contributed by atoms with Crippen LogP contribution in [-0.4, -0.2) is 24.0 Å². The van der Waals surface area contributed by atoms with Crippen molar-refractivity contribution in [3.8, 4) is 5.75 Å². The number of thiazole rings is 1. The van der Waals surface area contributed by atoms with E-state index in [1.165, 1.54) is 23.5 Å². The highest BCUT2D eigenvalue weighted by atomic mass is 32.1. The maximum Gasteiger partial charge on any atom is 0.387 e. The molecule has 0 saturated heterocycles. The second kappa shape index (κ2) is 7.87. The van der Waals surface area contributed by atoms with E-state index in [0.29, 0.717) is 29.0 Å². The Morgan fingerprint density at radius 3 is 2.61 bits per heavy atom. The zero-order chi connectivity index (χ0) is 16.8. The van der Waals surface area contributed by atoms with E-state index in [0.717, 1.165) is 0 Å². The number of amides is 1. The van der Waals surface area contributed by atoms with Gasteiger partial charge in [0.25, 0.3) is 5.91 Å². The van der Waals surface area contributed by atoms with Crippen LogP contribution >= 0.6 is 11.3 Å². The third-order valence-electron chi connectivity index (χ3n) is 2.74. The van der Waals surface area contributed by atoms with Gasteiger partial charge in [-0.05, 0) is 30.2 Å². The first-order chi connectivity index (χ1) is 10.9. The molecule has 1 aromatic carbocycles. The Bertz CT molecular complexity index is 644. The molecule has 0 unspecified atom stereocenters. The highest BCUT2D eigenvalue weighted by Gasteiger charge is 2.11. The molecule has 0 aliphatic heterocycles. The lowest BCUT2D eigenvalue weighted by Gasteiger charge is -2.06. The summed E-state index contributed by atoms with van der Waals surface area (Å²) in [6, 6.07) is 6.05. The quantitative estimate of drug-likeness (QED) is 0.802. The van der Waals surface area contributed by atoms with E-state index in [-0.39, 0.29) is 11.7 Å². The van der Waals surface area contributed by atoms with Crippen LogP contribution in [0, 0.1) is 5.92 Å². The van der Waals surface area contributed by atoms with Crippen molar-refractivity contribution in [1.29, 1.82) is 0 Å². The van der Waals surface area contributed by atoms with Crippen LogP contribution in [0.4, 0.5) is 19.6 Å². The van der Waals surface area contributed by atoms with Crippen molar-refractivity contribution < 1.29 is 18.3 Å². The Hall–Kier alpha value is -2.22. The van der Waals surface area contributed by atoms with Crippen molar-refractivity contribution >= 4 is 28.1 Å². The van der Waals surface area contributed by atoms with Gasteiger partial charge < -0.3 is 15.4 Å². The minimum atomic E-state index is -2.85. The third-order valence-corrected chi connectivity index (χ3v) is 3.50. The SMILES string of the molecule is CC(C)CNC(=O)c1csc(Nc2ccc(OC(F)F)cc2)n1. The summed E-state index contributed by atoms with van der Waals surface area (Å²) < 4.78 is 28.4. The molecular formula is C15H17F2N3O2S. The summed E-state index contributed by atoms with van der Waals surface area (Å²) in [7, 11) is 0. The molecule has 2 N–H and O–H groups in total. The number of ether oxygens (including phenoxy) is 1. The molecule has 124 valence electrons. The Morgan fingerprint density at radius 2 is 2.00 bits per heavy atom. The molecule has 2 rings (SSSR count). The summed E-state index contributed by atoms with van der Waals surface area (Å²) in [6.07, 6.45) is 0. The lowest BCUT2D eigenvalue weighted by molar-refractivity contribution is -0.0498. The number of nitrogens with zero attached hydrogens (tertiary/aromatic N) is 1. The van der Waals surface area contributed by atoms with Crippen molar-refractivity contribution in [1.82, 2.24) is 10.3 Å². The van der Waals surface area contributed by atoms with Crippen molar-refractivity contribution in [2.24, 2.45) is 5.92 Å². The first kappa shape index (κ1) is 17.1. The largest absolute Gasteiger partial charge is 0.435 e. The number of anilines is 2. The minimum Gasteiger partial charge on any atom is -0.435 e. The average Bonchev–Trinajstić information content (AvgIpc) is 2.95. The van der Waals surface area contributed by atoms with Crippen molar-refractivity contribution in [2.75, 3.05) is 11.9 Å². The number of hydrogen-bond donors (Lipinski definition) is 2. The molecule has 0 spiro atoms. The number of halogens is 2. The van der Waals surface area contributed by atoms with Crippen LogP contribution in [0.3, 0.4) is 0 Å². The van der Waals surface area contributed by atoms with E-state index >= 15 is 0 Å². The summed E-state index contributed by atoms with van der Waals surface area (Å²) in [5, 5.41) is 8.00. The van der Waals surface area contributed by atoms with E-state index in [2.05, 4.69) is 20.4 Å². The molecule has 1 amide bonds. The van der Waals surface area contributed by atoms with Gasteiger partial charge in [0.1, 0.15) is 11.4 Å². The first-order valence-corrected chi connectivity index (χ1v) is 7.87. The maximum atomic E-state index is 12.1. The number of aromatic nitrogens is 1. The van der Waals surface area contributed by atoms with Crippen LogP contribution in [0.1, 0.15) is 24.3 Å². The number of nitrogens with one attached hydrogen (secondary N) is 2. The van der Waals surface area contributed by atoms with Gasteiger partial charge in [0.05, 0.1) is 0 Å². The van der Waals surface area contributed by atoms with Gasteiger partial charge >= 0.3 is 6.61 Å². The molecule has 0 aliphatic rings. The van der Waals surface area contributed by atoms with E-state index in [1.807, 2.05) is 13.8 Å². The van der Waals surface area contributed by atoms with Gasteiger partial charge in [-0.3, -0.25) is 4.79 Å². The lowest BCUT2D eigenvalue weighted by atomic mass is 10.2. The number of hydrogen-bond acceptors (Lipinski definition) is 5. The highest BCUT2D eigenvalue weighted by molar-refractivity contribution is 7.14. The number of carbonyl (C=O) groups excluding carboxylic acids is 1. The smallest absolute Gasteiger partial charge is 0.387 e. The van der Waals surface area contributed by atoms with E-state index in [1.54, 1.807) is 17.5 Å². The number of alkyl halides is 2. The molecule has 1 heterocycles. The van der Waals surface area contributed by atoms with Crippen LogP contribution in [0.25, 0.3) is 0 Å². The zero-order valence-corrected chi connectivity index (χ0v) is 13.5. The summed E-state index contributed by atoms with van der Waals surface area (Å²) in [6.45, 7) is 1.76. The fourth-order valence-electron chi connectivity index (χ4n) is 1.67. The van der Waals surface area contributed by atoms with Gasteiger partial charge in [-0.1, -0.05) is 13.8 Å². The first-order valence-electron chi connectivity index (χ1n) is 6.99. The molecule has 0 bridgehead atoms. The average molecular weight is 341 g/mol. The van der Waals surface area contributed by atoms with Crippen LogP contribution < -0.4 is 15.4 Å². The summed E-state index contributed by atoms with van der Waals surface area (Å²) in [5.41, 5.74) is 1.01. The van der Waals surface area contributed by atoms with E-state index in [4.69, 9.17) is 0 Å². The fourth-order valence-corrected chi connectivity index (χ4v) is 2.38. The summed E-state index contributed by atoms with van der Waals surface area (Å²) in [4.78, 5) is 16.1. The molecule has 0 saturated carbocycles. The van der Waals surface area contributed by atoms with Crippen molar-refractivity contribution in [3.63, 3.8) is 0 Å². The number of carbonyl (C=O) groups is 1.